The number of benzene rings is 1. The van der Waals surface area contributed by atoms with Crippen molar-refractivity contribution in [3.8, 4) is 5.75 Å². The summed E-state index contributed by atoms with van der Waals surface area (Å²) in [5.41, 5.74) is 1.83. The molecule has 0 spiro atoms. The first-order valence-corrected chi connectivity index (χ1v) is 7.00. The SMILES string of the molecule is COc1cccc2c(CCC3CCNCC3)noc12. The largest absolute Gasteiger partial charge is 0.493 e. The van der Waals surface area contributed by atoms with E-state index in [0.29, 0.717) is 0 Å². The molecule has 1 aliphatic heterocycles. The van der Waals surface area contributed by atoms with Gasteiger partial charge in [-0.1, -0.05) is 11.2 Å². The molecule has 0 bridgehead atoms. The Morgan fingerprint density at radius 1 is 1.37 bits per heavy atom. The molecule has 4 nitrogen and oxygen atoms in total. The Balaban J connectivity index is 1.74. The molecule has 1 aliphatic rings. The van der Waals surface area contributed by atoms with Crippen molar-refractivity contribution in [1.29, 1.82) is 0 Å². The Labute approximate surface area is 113 Å². The summed E-state index contributed by atoms with van der Waals surface area (Å²) in [6.07, 6.45) is 4.74. The summed E-state index contributed by atoms with van der Waals surface area (Å²) in [4.78, 5) is 0. The van der Waals surface area contributed by atoms with Crippen LogP contribution in [0.15, 0.2) is 22.7 Å². The summed E-state index contributed by atoms with van der Waals surface area (Å²) in [5.74, 6) is 1.58. The summed E-state index contributed by atoms with van der Waals surface area (Å²) < 4.78 is 10.7. The zero-order valence-electron chi connectivity index (χ0n) is 11.3. The highest BCUT2D eigenvalue weighted by atomic mass is 16.5. The third-order valence-electron chi connectivity index (χ3n) is 4.00. The molecule has 0 saturated carbocycles. The Morgan fingerprint density at radius 3 is 3.00 bits per heavy atom. The van der Waals surface area contributed by atoms with E-state index >= 15 is 0 Å². The van der Waals surface area contributed by atoms with Gasteiger partial charge in [-0.15, -0.1) is 0 Å². The van der Waals surface area contributed by atoms with Gasteiger partial charge in [0, 0.05) is 5.39 Å². The lowest BCUT2D eigenvalue weighted by molar-refractivity contribution is 0.349. The van der Waals surface area contributed by atoms with Crippen molar-refractivity contribution in [1.82, 2.24) is 10.5 Å². The Hall–Kier alpha value is -1.55. The molecule has 1 aromatic carbocycles. The van der Waals surface area contributed by atoms with Crippen LogP contribution >= 0.6 is 0 Å². The van der Waals surface area contributed by atoms with E-state index in [0.717, 1.165) is 47.8 Å². The number of para-hydroxylation sites is 1. The number of aromatic nitrogens is 1. The summed E-state index contributed by atoms with van der Waals surface area (Å²) in [7, 11) is 1.66. The molecule has 0 radical (unpaired) electrons. The fraction of sp³-hybridized carbons (Fsp3) is 0.533. The first-order chi connectivity index (χ1) is 9.38. The second kappa shape index (κ2) is 5.61. The number of ether oxygens (including phenoxy) is 1. The van der Waals surface area contributed by atoms with Gasteiger partial charge in [0.2, 0.25) is 5.58 Å². The summed E-state index contributed by atoms with van der Waals surface area (Å²) in [6, 6.07) is 5.96. The molecule has 3 rings (SSSR count). The second-order valence-electron chi connectivity index (χ2n) is 5.20. The molecule has 1 aromatic heterocycles. The van der Waals surface area contributed by atoms with Crippen molar-refractivity contribution in [3.05, 3.63) is 23.9 Å². The molecule has 0 aliphatic carbocycles. The van der Waals surface area contributed by atoms with Gasteiger partial charge < -0.3 is 14.6 Å². The minimum atomic E-state index is 0.762. The number of aryl methyl sites for hydroxylation is 1. The normalized spacial score (nSPS) is 16.9. The van der Waals surface area contributed by atoms with Crippen LogP contribution in [0.25, 0.3) is 11.0 Å². The molecule has 0 unspecified atom stereocenters. The molecule has 1 N–H and O–H groups in total. The molecule has 2 aromatic rings. The predicted octanol–water partition coefficient (Wildman–Crippen LogP) is 2.77. The molecule has 1 saturated heterocycles. The van der Waals surface area contributed by atoms with Crippen molar-refractivity contribution in [2.45, 2.75) is 25.7 Å². The molecule has 0 atom stereocenters. The number of nitrogens with one attached hydrogen (secondary N) is 1. The van der Waals surface area contributed by atoms with E-state index in [-0.39, 0.29) is 0 Å². The molecule has 2 heterocycles. The molecule has 1 fully saturated rings. The first-order valence-electron chi connectivity index (χ1n) is 7.00. The van der Waals surface area contributed by atoms with Crippen molar-refractivity contribution in [3.63, 3.8) is 0 Å². The monoisotopic (exact) mass is 260 g/mol. The highest BCUT2D eigenvalue weighted by molar-refractivity contribution is 5.84. The van der Waals surface area contributed by atoms with Gasteiger partial charge >= 0.3 is 0 Å². The zero-order valence-corrected chi connectivity index (χ0v) is 11.3. The Bertz CT molecular complexity index is 544. The number of fused-ring (bicyclic) bond motifs is 1. The number of methoxy groups -OCH3 is 1. The van der Waals surface area contributed by atoms with Gasteiger partial charge in [-0.3, -0.25) is 0 Å². The molecular formula is C15H20N2O2. The van der Waals surface area contributed by atoms with Gasteiger partial charge in [0.1, 0.15) is 0 Å². The predicted molar refractivity (Wildman–Crippen MR) is 74.5 cm³/mol. The fourth-order valence-corrected chi connectivity index (χ4v) is 2.84. The van der Waals surface area contributed by atoms with Gasteiger partial charge in [0.25, 0.3) is 0 Å². The van der Waals surface area contributed by atoms with Crippen LogP contribution in [0.5, 0.6) is 5.75 Å². The average molecular weight is 260 g/mol. The number of nitrogens with zero attached hydrogens (tertiary/aromatic N) is 1. The van der Waals surface area contributed by atoms with Crippen molar-refractivity contribution >= 4 is 11.0 Å². The number of rotatable bonds is 4. The van der Waals surface area contributed by atoms with Gasteiger partial charge in [0.05, 0.1) is 12.8 Å². The number of hydrogen-bond acceptors (Lipinski definition) is 4. The van der Waals surface area contributed by atoms with E-state index in [1.807, 2.05) is 12.1 Å². The lowest BCUT2D eigenvalue weighted by Crippen LogP contribution is -2.27. The summed E-state index contributed by atoms with van der Waals surface area (Å²) >= 11 is 0. The average Bonchev–Trinajstić information content (AvgIpc) is 2.89. The second-order valence-corrected chi connectivity index (χ2v) is 5.20. The van der Waals surface area contributed by atoms with Crippen LogP contribution in [-0.2, 0) is 6.42 Å². The standard InChI is InChI=1S/C15H20N2O2/c1-18-14-4-2-3-12-13(17-19-15(12)14)6-5-11-7-9-16-10-8-11/h2-4,11,16H,5-10H2,1H3. The lowest BCUT2D eigenvalue weighted by atomic mass is 9.92. The minimum absolute atomic E-state index is 0.762. The topological polar surface area (TPSA) is 47.3 Å². The Morgan fingerprint density at radius 2 is 2.21 bits per heavy atom. The van der Waals surface area contributed by atoms with Gasteiger partial charge in [-0.2, -0.15) is 0 Å². The van der Waals surface area contributed by atoms with E-state index in [9.17, 15) is 0 Å². The van der Waals surface area contributed by atoms with E-state index in [2.05, 4.69) is 16.5 Å². The highest BCUT2D eigenvalue weighted by Crippen LogP contribution is 2.29. The third kappa shape index (κ3) is 2.59. The maximum absolute atomic E-state index is 5.42. The van der Waals surface area contributed by atoms with Crippen LogP contribution in [0.3, 0.4) is 0 Å². The maximum atomic E-state index is 5.42. The molecule has 19 heavy (non-hydrogen) atoms. The fourth-order valence-electron chi connectivity index (χ4n) is 2.84. The van der Waals surface area contributed by atoms with Crippen molar-refractivity contribution in [2.24, 2.45) is 5.92 Å². The number of piperidine rings is 1. The van der Waals surface area contributed by atoms with Crippen molar-refractivity contribution < 1.29 is 9.26 Å². The third-order valence-corrected chi connectivity index (χ3v) is 4.00. The van der Waals surface area contributed by atoms with Crippen LogP contribution in [0.4, 0.5) is 0 Å². The maximum Gasteiger partial charge on any atom is 0.208 e. The van der Waals surface area contributed by atoms with Crippen LogP contribution in [0.2, 0.25) is 0 Å². The highest BCUT2D eigenvalue weighted by Gasteiger charge is 2.16. The summed E-state index contributed by atoms with van der Waals surface area (Å²) in [5, 5.41) is 8.71. The van der Waals surface area contributed by atoms with Crippen LogP contribution in [0.1, 0.15) is 25.0 Å². The van der Waals surface area contributed by atoms with Crippen LogP contribution in [-0.4, -0.2) is 25.4 Å². The smallest absolute Gasteiger partial charge is 0.208 e. The first kappa shape index (κ1) is 12.5. The van der Waals surface area contributed by atoms with Gasteiger partial charge in [-0.05, 0) is 56.8 Å². The zero-order chi connectivity index (χ0) is 13.1. The molecule has 4 heteroatoms. The van der Waals surface area contributed by atoms with E-state index < -0.39 is 0 Å². The molecule has 0 amide bonds. The quantitative estimate of drug-likeness (QED) is 0.918. The Kier molecular flexibility index (Phi) is 3.69. The minimum Gasteiger partial charge on any atom is -0.493 e. The van der Waals surface area contributed by atoms with E-state index in [1.54, 1.807) is 7.11 Å². The van der Waals surface area contributed by atoms with Crippen LogP contribution < -0.4 is 10.1 Å². The summed E-state index contributed by atoms with van der Waals surface area (Å²) in [6.45, 7) is 2.30. The van der Waals surface area contributed by atoms with Gasteiger partial charge in [0.15, 0.2) is 5.75 Å². The molecule has 102 valence electrons. The van der Waals surface area contributed by atoms with Crippen molar-refractivity contribution in [2.75, 3.05) is 20.2 Å². The van der Waals surface area contributed by atoms with E-state index in [1.165, 1.54) is 19.3 Å². The van der Waals surface area contributed by atoms with E-state index in [4.69, 9.17) is 9.26 Å². The lowest BCUT2D eigenvalue weighted by Gasteiger charge is -2.21. The van der Waals surface area contributed by atoms with Gasteiger partial charge in [-0.25, -0.2) is 0 Å². The number of hydrogen-bond donors (Lipinski definition) is 1. The van der Waals surface area contributed by atoms with Crippen LogP contribution in [0, 0.1) is 5.92 Å². The molecular weight excluding hydrogens is 240 g/mol.